The number of piperazine rings is 1. The highest BCUT2D eigenvalue weighted by Gasteiger charge is 2.23. The molecule has 0 N–H and O–H groups in total. The van der Waals surface area contributed by atoms with Crippen LogP contribution in [0.25, 0.3) is 17.0 Å². The Morgan fingerprint density at radius 3 is 2.48 bits per heavy atom. The largest absolute Gasteiger partial charge is 0.352 e. The molecule has 5 rings (SSSR count). The summed E-state index contributed by atoms with van der Waals surface area (Å²) in [5, 5.41) is 17.2. The Morgan fingerprint density at radius 2 is 1.76 bits per heavy atom. The van der Waals surface area contributed by atoms with E-state index in [2.05, 4.69) is 15.1 Å². The van der Waals surface area contributed by atoms with Crippen molar-refractivity contribution in [3.63, 3.8) is 0 Å². The molecule has 1 aliphatic rings. The Kier molecular flexibility index (Phi) is 4.44. The fourth-order valence-corrected chi connectivity index (χ4v) is 4.07. The van der Waals surface area contributed by atoms with Gasteiger partial charge in [0, 0.05) is 42.7 Å². The van der Waals surface area contributed by atoms with Crippen molar-refractivity contribution in [1.82, 2.24) is 24.7 Å². The second-order valence-corrected chi connectivity index (χ2v) is 7.56. The van der Waals surface area contributed by atoms with Crippen LogP contribution < -0.4 is 4.90 Å². The average Bonchev–Trinajstić information content (AvgIpc) is 3.43. The lowest BCUT2D eigenvalue weighted by molar-refractivity contribution is 0.0746. The summed E-state index contributed by atoms with van der Waals surface area (Å²) in [5.74, 6) is 1.12. The molecule has 0 bridgehead atoms. The van der Waals surface area contributed by atoms with E-state index < -0.39 is 0 Å². The van der Waals surface area contributed by atoms with Gasteiger partial charge in [-0.05, 0) is 47.8 Å². The van der Waals surface area contributed by atoms with Gasteiger partial charge >= 0.3 is 0 Å². The van der Waals surface area contributed by atoms with Gasteiger partial charge in [0.1, 0.15) is 11.6 Å². The Morgan fingerprint density at radius 1 is 0.966 bits per heavy atom. The monoisotopic (exact) mass is 408 g/mol. The SMILES string of the molecule is O=C(c1ccc(F)cc1)N1CCN(c2ccc3nnc(-c4ccsc4)n3n2)CC1. The number of thiophene rings is 1. The van der Waals surface area contributed by atoms with E-state index in [1.165, 1.54) is 24.3 Å². The first-order valence-electron chi connectivity index (χ1n) is 9.24. The second-order valence-electron chi connectivity index (χ2n) is 6.78. The van der Waals surface area contributed by atoms with E-state index in [1.54, 1.807) is 20.8 Å². The van der Waals surface area contributed by atoms with Crippen LogP contribution in [0.4, 0.5) is 10.2 Å². The van der Waals surface area contributed by atoms with Crippen LogP contribution in [-0.4, -0.2) is 56.8 Å². The zero-order chi connectivity index (χ0) is 19.8. The van der Waals surface area contributed by atoms with Crippen LogP contribution in [0, 0.1) is 5.82 Å². The number of anilines is 1. The zero-order valence-corrected chi connectivity index (χ0v) is 16.2. The molecule has 4 aromatic rings. The van der Waals surface area contributed by atoms with E-state index in [1.807, 2.05) is 29.0 Å². The Bertz CT molecular complexity index is 1150. The molecule has 0 unspecified atom stereocenters. The van der Waals surface area contributed by atoms with Crippen LogP contribution >= 0.6 is 11.3 Å². The van der Waals surface area contributed by atoms with Crippen molar-refractivity contribution in [3.05, 3.63) is 64.6 Å². The van der Waals surface area contributed by atoms with E-state index in [-0.39, 0.29) is 11.7 Å². The first-order chi connectivity index (χ1) is 14.2. The molecule has 1 aliphatic heterocycles. The average molecular weight is 408 g/mol. The molecule has 0 aliphatic carbocycles. The summed E-state index contributed by atoms with van der Waals surface area (Å²) in [7, 11) is 0. The zero-order valence-electron chi connectivity index (χ0n) is 15.4. The number of aromatic nitrogens is 4. The quantitative estimate of drug-likeness (QED) is 0.521. The fourth-order valence-electron chi connectivity index (χ4n) is 3.43. The molecule has 0 atom stereocenters. The standard InChI is InChI=1S/C20H17FN6OS/c21-16-3-1-14(2-4-16)20(28)26-10-8-25(9-11-26)18-6-5-17-22-23-19(27(17)24-18)15-7-12-29-13-15/h1-7,12-13H,8-11H2. The lowest BCUT2D eigenvalue weighted by Crippen LogP contribution is -2.49. The number of benzene rings is 1. The van der Waals surface area contributed by atoms with Crippen molar-refractivity contribution in [2.45, 2.75) is 0 Å². The van der Waals surface area contributed by atoms with Crippen LogP contribution in [0.15, 0.2) is 53.2 Å². The van der Waals surface area contributed by atoms with Crippen molar-refractivity contribution in [1.29, 1.82) is 0 Å². The van der Waals surface area contributed by atoms with Gasteiger partial charge in [0.15, 0.2) is 11.5 Å². The van der Waals surface area contributed by atoms with Crippen molar-refractivity contribution < 1.29 is 9.18 Å². The van der Waals surface area contributed by atoms with Crippen molar-refractivity contribution in [2.75, 3.05) is 31.1 Å². The minimum atomic E-state index is -0.344. The van der Waals surface area contributed by atoms with Gasteiger partial charge in [-0.1, -0.05) is 0 Å². The minimum absolute atomic E-state index is 0.0772. The van der Waals surface area contributed by atoms with Gasteiger partial charge in [-0.15, -0.1) is 15.3 Å². The third-order valence-electron chi connectivity index (χ3n) is 5.01. The molecule has 1 aromatic carbocycles. The summed E-state index contributed by atoms with van der Waals surface area (Å²) < 4.78 is 14.8. The topological polar surface area (TPSA) is 66.6 Å². The molecule has 3 aromatic heterocycles. The fraction of sp³-hybridized carbons (Fsp3) is 0.200. The predicted octanol–water partition coefficient (Wildman–Crippen LogP) is 2.95. The van der Waals surface area contributed by atoms with Gasteiger partial charge in [-0.2, -0.15) is 15.9 Å². The normalized spacial score (nSPS) is 14.5. The molecule has 7 nitrogen and oxygen atoms in total. The van der Waals surface area contributed by atoms with E-state index in [0.29, 0.717) is 43.2 Å². The Balaban J connectivity index is 1.33. The van der Waals surface area contributed by atoms with Crippen molar-refractivity contribution in [2.24, 2.45) is 0 Å². The van der Waals surface area contributed by atoms with Gasteiger partial charge in [-0.25, -0.2) is 4.39 Å². The van der Waals surface area contributed by atoms with Crippen LogP contribution in [0.2, 0.25) is 0 Å². The maximum Gasteiger partial charge on any atom is 0.253 e. The number of amides is 1. The number of fused-ring (bicyclic) bond motifs is 1. The van der Waals surface area contributed by atoms with E-state index in [0.717, 1.165) is 11.4 Å². The summed E-state index contributed by atoms with van der Waals surface area (Å²) in [5.41, 5.74) is 2.19. The Labute approximate surface area is 170 Å². The van der Waals surface area contributed by atoms with Crippen molar-refractivity contribution in [3.8, 4) is 11.4 Å². The molecule has 146 valence electrons. The summed E-state index contributed by atoms with van der Waals surface area (Å²) in [6.07, 6.45) is 0. The lowest BCUT2D eigenvalue weighted by atomic mass is 10.2. The molecule has 1 saturated heterocycles. The molecule has 29 heavy (non-hydrogen) atoms. The number of rotatable bonds is 3. The van der Waals surface area contributed by atoms with Crippen LogP contribution in [0.1, 0.15) is 10.4 Å². The lowest BCUT2D eigenvalue weighted by Gasteiger charge is -2.35. The van der Waals surface area contributed by atoms with E-state index in [9.17, 15) is 9.18 Å². The van der Waals surface area contributed by atoms with Crippen LogP contribution in [-0.2, 0) is 0 Å². The number of carbonyl (C=O) groups is 1. The van der Waals surface area contributed by atoms with Gasteiger partial charge in [0.05, 0.1) is 0 Å². The summed E-state index contributed by atoms with van der Waals surface area (Å²) in [4.78, 5) is 16.6. The van der Waals surface area contributed by atoms with Gasteiger partial charge in [-0.3, -0.25) is 4.79 Å². The first kappa shape index (κ1) is 17.7. The van der Waals surface area contributed by atoms with E-state index >= 15 is 0 Å². The molecule has 0 spiro atoms. The number of hydrogen-bond donors (Lipinski definition) is 0. The highest BCUT2D eigenvalue weighted by molar-refractivity contribution is 7.08. The highest BCUT2D eigenvalue weighted by Crippen LogP contribution is 2.22. The smallest absolute Gasteiger partial charge is 0.253 e. The molecular weight excluding hydrogens is 391 g/mol. The number of hydrogen-bond acceptors (Lipinski definition) is 6. The van der Waals surface area contributed by atoms with Crippen molar-refractivity contribution >= 4 is 28.7 Å². The molecular formula is C20H17FN6OS. The van der Waals surface area contributed by atoms with Gasteiger partial charge < -0.3 is 9.80 Å². The van der Waals surface area contributed by atoms with E-state index in [4.69, 9.17) is 5.10 Å². The van der Waals surface area contributed by atoms with Crippen LogP contribution in [0.3, 0.4) is 0 Å². The molecule has 0 saturated carbocycles. The second kappa shape index (κ2) is 7.25. The molecule has 0 radical (unpaired) electrons. The maximum atomic E-state index is 13.1. The summed E-state index contributed by atoms with van der Waals surface area (Å²) in [6.45, 7) is 2.49. The number of halogens is 1. The van der Waals surface area contributed by atoms with Gasteiger partial charge in [0.2, 0.25) is 0 Å². The first-order valence-corrected chi connectivity index (χ1v) is 10.2. The Hall–Kier alpha value is -3.33. The highest BCUT2D eigenvalue weighted by atomic mass is 32.1. The summed E-state index contributed by atoms with van der Waals surface area (Å²) >= 11 is 1.60. The number of carbonyl (C=O) groups excluding carboxylic acids is 1. The molecule has 1 fully saturated rings. The van der Waals surface area contributed by atoms with Crippen LogP contribution in [0.5, 0.6) is 0 Å². The number of nitrogens with zero attached hydrogens (tertiary/aromatic N) is 6. The third kappa shape index (κ3) is 3.33. The maximum absolute atomic E-state index is 13.1. The third-order valence-corrected chi connectivity index (χ3v) is 5.69. The molecule has 4 heterocycles. The van der Waals surface area contributed by atoms with Gasteiger partial charge in [0.25, 0.3) is 5.91 Å². The predicted molar refractivity (Wildman–Crippen MR) is 109 cm³/mol. The molecule has 9 heteroatoms. The minimum Gasteiger partial charge on any atom is -0.352 e. The molecule has 1 amide bonds. The summed E-state index contributed by atoms with van der Waals surface area (Å²) in [6, 6.07) is 11.5.